The van der Waals surface area contributed by atoms with Gasteiger partial charge in [-0.3, -0.25) is 4.79 Å². The van der Waals surface area contributed by atoms with Gasteiger partial charge in [-0.05, 0) is 39.5 Å². The van der Waals surface area contributed by atoms with E-state index in [1.165, 1.54) is 10.6 Å². The van der Waals surface area contributed by atoms with Crippen LogP contribution in [0.1, 0.15) is 16.2 Å². The number of hydrogen-bond donors (Lipinski definition) is 0. The maximum Gasteiger partial charge on any atom is 0.274 e. The van der Waals surface area contributed by atoms with Gasteiger partial charge in [0.25, 0.3) is 5.91 Å². The van der Waals surface area contributed by atoms with Crippen LogP contribution in [-0.4, -0.2) is 36.5 Å². The number of amides is 1. The molecule has 8 heteroatoms. The Morgan fingerprint density at radius 2 is 2.15 bits per heavy atom. The molecule has 0 aromatic carbocycles. The minimum Gasteiger partial charge on any atom is -0.340 e. The van der Waals surface area contributed by atoms with E-state index in [0.29, 0.717) is 24.4 Å². The summed E-state index contributed by atoms with van der Waals surface area (Å²) in [6.45, 7) is 2.05. The zero-order chi connectivity index (χ0) is 17.7. The molecule has 0 fully saturated rings. The Balaban J connectivity index is 1.42. The van der Waals surface area contributed by atoms with E-state index in [2.05, 4.69) is 60.2 Å². The summed E-state index contributed by atoms with van der Waals surface area (Å²) < 4.78 is 4.75. The van der Waals surface area contributed by atoms with E-state index >= 15 is 0 Å². The second-order valence-electron chi connectivity index (χ2n) is 6.17. The molecule has 0 bridgehead atoms. The van der Waals surface area contributed by atoms with E-state index in [9.17, 15) is 4.79 Å². The molecule has 5 rings (SSSR count). The molecule has 0 spiro atoms. The Morgan fingerprint density at radius 1 is 1.23 bits per heavy atom. The summed E-state index contributed by atoms with van der Waals surface area (Å²) in [4.78, 5) is 20.3. The van der Waals surface area contributed by atoms with E-state index < -0.39 is 0 Å². The molecule has 0 atom stereocenters. The number of carbonyl (C=O) groups excluding carboxylic acids is 1. The van der Waals surface area contributed by atoms with Crippen molar-refractivity contribution in [1.82, 2.24) is 24.1 Å². The number of thiophene rings is 1. The summed E-state index contributed by atoms with van der Waals surface area (Å²) in [6.07, 6.45) is 3.50. The Hall–Kier alpha value is -2.45. The Kier molecular flexibility index (Phi) is 3.68. The number of hydrogen-bond acceptors (Lipinski definition) is 4. The van der Waals surface area contributed by atoms with Crippen LogP contribution in [0.4, 0.5) is 0 Å². The van der Waals surface area contributed by atoms with Crippen molar-refractivity contribution in [3.8, 4) is 10.6 Å². The molecule has 0 saturated heterocycles. The van der Waals surface area contributed by atoms with Crippen molar-refractivity contribution in [2.75, 3.05) is 6.54 Å². The van der Waals surface area contributed by atoms with Gasteiger partial charge >= 0.3 is 0 Å². The first kappa shape index (κ1) is 15.8. The highest BCUT2D eigenvalue weighted by Crippen LogP contribution is 2.29. The minimum absolute atomic E-state index is 0.0586. The van der Waals surface area contributed by atoms with Crippen LogP contribution in [0.2, 0.25) is 0 Å². The van der Waals surface area contributed by atoms with E-state index in [4.69, 9.17) is 0 Å². The van der Waals surface area contributed by atoms with Crippen molar-refractivity contribution >= 4 is 38.8 Å². The molecule has 0 radical (unpaired) electrons. The summed E-state index contributed by atoms with van der Waals surface area (Å²) in [5.74, 6) is -0.0586. The van der Waals surface area contributed by atoms with E-state index in [-0.39, 0.29) is 5.91 Å². The molecular weight excluding hydrogens is 414 g/mol. The lowest BCUT2D eigenvalue weighted by Gasteiger charge is -2.29. The lowest BCUT2D eigenvalue weighted by molar-refractivity contribution is 0.0705. The molecule has 4 aromatic rings. The van der Waals surface area contributed by atoms with Gasteiger partial charge in [0.1, 0.15) is 0 Å². The lowest BCUT2D eigenvalue weighted by atomic mass is 10.2. The number of halogens is 1. The van der Waals surface area contributed by atoms with Gasteiger partial charge < -0.3 is 9.47 Å². The molecular formula is C18H14BrN5OS. The fraction of sp³-hybridized carbons (Fsp3) is 0.167. The quantitative estimate of drug-likeness (QED) is 0.490. The standard InChI is InChI=1S/C18H14BrN5OS/c19-12-9-20-17-8-14(21-24(17)10-12)18(25)22-5-6-23-13(11-22)3-4-15(23)16-2-1-7-26-16/h1-4,7-10H,5-6,11H2. The minimum atomic E-state index is -0.0586. The Morgan fingerprint density at radius 3 is 3.00 bits per heavy atom. The predicted molar refractivity (Wildman–Crippen MR) is 103 cm³/mol. The van der Waals surface area contributed by atoms with Gasteiger partial charge in [0, 0.05) is 37.2 Å². The summed E-state index contributed by atoms with van der Waals surface area (Å²) >= 11 is 5.11. The summed E-state index contributed by atoms with van der Waals surface area (Å²) in [7, 11) is 0. The molecule has 6 nitrogen and oxygen atoms in total. The fourth-order valence-corrected chi connectivity index (χ4v) is 4.40. The average Bonchev–Trinajstić information content (AvgIpc) is 3.38. The van der Waals surface area contributed by atoms with Crippen molar-refractivity contribution < 1.29 is 4.79 Å². The Labute approximate surface area is 161 Å². The van der Waals surface area contributed by atoms with Crippen molar-refractivity contribution in [2.24, 2.45) is 0 Å². The molecule has 4 aromatic heterocycles. The van der Waals surface area contributed by atoms with Crippen LogP contribution in [0, 0.1) is 0 Å². The smallest absolute Gasteiger partial charge is 0.274 e. The van der Waals surface area contributed by atoms with E-state index in [1.54, 1.807) is 34.3 Å². The van der Waals surface area contributed by atoms with Crippen LogP contribution in [0.3, 0.4) is 0 Å². The van der Waals surface area contributed by atoms with E-state index in [0.717, 1.165) is 16.7 Å². The van der Waals surface area contributed by atoms with Crippen LogP contribution in [0.5, 0.6) is 0 Å². The van der Waals surface area contributed by atoms with Gasteiger partial charge in [-0.2, -0.15) is 5.10 Å². The maximum absolute atomic E-state index is 12.9. The highest BCUT2D eigenvalue weighted by Gasteiger charge is 2.25. The van der Waals surface area contributed by atoms with Gasteiger partial charge in [-0.25, -0.2) is 9.50 Å². The molecule has 1 aliphatic heterocycles. The number of carbonyl (C=O) groups is 1. The largest absolute Gasteiger partial charge is 0.340 e. The van der Waals surface area contributed by atoms with Gasteiger partial charge in [-0.1, -0.05) is 6.07 Å². The van der Waals surface area contributed by atoms with Crippen molar-refractivity contribution in [3.63, 3.8) is 0 Å². The second kappa shape index (κ2) is 6.07. The molecule has 1 aliphatic rings. The first-order chi connectivity index (χ1) is 12.7. The third kappa shape index (κ3) is 2.57. The molecule has 130 valence electrons. The average molecular weight is 428 g/mol. The number of fused-ring (bicyclic) bond motifs is 2. The number of rotatable bonds is 2. The monoisotopic (exact) mass is 427 g/mol. The van der Waals surface area contributed by atoms with Crippen LogP contribution in [-0.2, 0) is 13.1 Å². The summed E-state index contributed by atoms with van der Waals surface area (Å²) in [5.41, 5.74) is 3.47. The maximum atomic E-state index is 12.9. The number of nitrogens with zero attached hydrogens (tertiary/aromatic N) is 5. The van der Waals surface area contributed by atoms with Gasteiger partial charge in [0.2, 0.25) is 0 Å². The molecule has 0 unspecified atom stereocenters. The normalized spacial score (nSPS) is 14.0. The molecule has 0 N–H and O–H groups in total. The second-order valence-corrected chi connectivity index (χ2v) is 8.03. The Bertz CT molecular complexity index is 1110. The molecule has 0 aliphatic carbocycles. The van der Waals surface area contributed by atoms with Crippen molar-refractivity contribution in [1.29, 1.82) is 0 Å². The third-order valence-electron chi connectivity index (χ3n) is 4.58. The van der Waals surface area contributed by atoms with Crippen LogP contribution >= 0.6 is 27.3 Å². The van der Waals surface area contributed by atoms with Crippen molar-refractivity contribution in [3.05, 3.63) is 64.0 Å². The topological polar surface area (TPSA) is 55.4 Å². The van der Waals surface area contributed by atoms with Crippen LogP contribution < -0.4 is 0 Å². The summed E-state index contributed by atoms with van der Waals surface area (Å²) in [6, 6.07) is 10.2. The van der Waals surface area contributed by atoms with E-state index in [1.807, 2.05) is 4.90 Å². The first-order valence-electron chi connectivity index (χ1n) is 8.21. The van der Waals surface area contributed by atoms with Gasteiger partial charge in [-0.15, -0.1) is 11.3 Å². The van der Waals surface area contributed by atoms with Crippen molar-refractivity contribution in [2.45, 2.75) is 13.1 Å². The molecule has 5 heterocycles. The SMILES string of the molecule is O=C(c1cc2ncc(Br)cn2n1)N1CCn2c(ccc2-c2cccs2)C1. The molecule has 1 amide bonds. The van der Waals surface area contributed by atoms with Crippen LogP contribution in [0.25, 0.3) is 16.2 Å². The van der Waals surface area contributed by atoms with Gasteiger partial charge in [0.15, 0.2) is 11.3 Å². The highest BCUT2D eigenvalue weighted by molar-refractivity contribution is 9.10. The van der Waals surface area contributed by atoms with Gasteiger partial charge in [0.05, 0.1) is 21.6 Å². The highest BCUT2D eigenvalue weighted by atomic mass is 79.9. The fourth-order valence-electron chi connectivity index (χ4n) is 3.34. The predicted octanol–water partition coefficient (Wildman–Crippen LogP) is 3.68. The first-order valence-corrected chi connectivity index (χ1v) is 9.89. The molecule has 0 saturated carbocycles. The zero-order valence-electron chi connectivity index (χ0n) is 13.7. The van der Waals surface area contributed by atoms with Crippen LogP contribution in [0.15, 0.2) is 52.6 Å². The molecule has 26 heavy (non-hydrogen) atoms. The number of aromatic nitrogens is 4. The lowest BCUT2D eigenvalue weighted by Crippen LogP contribution is -2.38. The summed E-state index contributed by atoms with van der Waals surface area (Å²) in [5, 5.41) is 6.47. The zero-order valence-corrected chi connectivity index (χ0v) is 16.1. The third-order valence-corrected chi connectivity index (χ3v) is 5.88.